The molecule has 0 aliphatic carbocycles. The molecule has 0 bridgehead atoms. The van der Waals surface area contributed by atoms with Gasteiger partial charge in [-0.2, -0.15) is 8.78 Å². The van der Waals surface area contributed by atoms with Crippen molar-refractivity contribution >= 4 is 22.9 Å². The smallest absolute Gasteiger partial charge is 0.326 e. The van der Waals surface area contributed by atoms with Gasteiger partial charge < -0.3 is 14.8 Å². The molecule has 1 amide bonds. The van der Waals surface area contributed by atoms with Crippen LogP contribution in [0.4, 0.5) is 8.78 Å². The summed E-state index contributed by atoms with van der Waals surface area (Å²) in [5.74, 6) is -0.852. The van der Waals surface area contributed by atoms with Crippen LogP contribution in [0.25, 0.3) is 11.0 Å². The first-order valence-electron chi connectivity index (χ1n) is 8.84. The van der Waals surface area contributed by atoms with Crippen LogP contribution in [0.1, 0.15) is 25.4 Å². The Morgan fingerprint density at radius 2 is 1.79 bits per heavy atom. The Hall–Kier alpha value is -3.49. The zero-order valence-electron chi connectivity index (χ0n) is 15.5. The van der Waals surface area contributed by atoms with Gasteiger partial charge in [0.2, 0.25) is 0 Å². The van der Waals surface area contributed by atoms with Crippen LogP contribution < -0.4 is 10.1 Å². The predicted octanol–water partition coefficient (Wildman–Crippen LogP) is 3.23. The molecule has 0 saturated carbocycles. The summed E-state index contributed by atoms with van der Waals surface area (Å²) in [4.78, 5) is 27.9. The maximum atomic E-state index is 13.5. The van der Waals surface area contributed by atoms with Crippen molar-refractivity contribution in [3.63, 3.8) is 0 Å². The van der Waals surface area contributed by atoms with Gasteiger partial charge in [-0.1, -0.05) is 30.3 Å². The number of halogens is 2. The van der Waals surface area contributed by atoms with Crippen molar-refractivity contribution in [3.05, 3.63) is 60.4 Å². The van der Waals surface area contributed by atoms with Gasteiger partial charge in [0.25, 0.3) is 5.91 Å². The number of hydrogen-bond acceptors (Lipinski definition) is 5. The van der Waals surface area contributed by atoms with E-state index in [0.717, 1.165) is 4.57 Å². The highest BCUT2D eigenvalue weighted by Gasteiger charge is 2.24. The molecule has 3 aromatic rings. The van der Waals surface area contributed by atoms with Gasteiger partial charge in [-0.15, -0.1) is 0 Å². The van der Waals surface area contributed by atoms with Crippen molar-refractivity contribution in [1.82, 2.24) is 14.9 Å². The van der Waals surface area contributed by atoms with Crippen molar-refractivity contribution in [3.8, 4) is 5.75 Å². The fourth-order valence-corrected chi connectivity index (χ4v) is 2.73. The van der Waals surface area contributed by atoms with Crippen LogP contribution in [0.15, 0.2) is 54.6 Å². The van der Waals surface area contributed by atoms with E-state index >= 15 is 0 Å². The SMILES string of the molecule is C[C@@H](OC(=O)CNC(=O)COc1ccccc1)c1nc2ccccc2n1C(F)F. The first-order chi connectivity index (χ1) is 14.0. The molecular weight excluding hydrogens is 384 g/mol. The van der Waals surface area contributed by atoms with Crippen molar-refractivity contribution in [2.24, 2.45) is 0 Å². The molecule has 152 valence electrons. The van der Waals surface area contributed by atoms with Gasteiger partial charge in [0.1, 0.15) is 12.3 Å². The summed E-state index contributed by atoms with van der Waals surface area (Å²) in [5.41, 5.74) is 0.615. The molecule has 9 heteroatoms. The van der Waals surface area contributed by atoms with Crippen molar-refractivity contribution in [2.75, 3.05) is 13.2 Å². The highest BCUT2D eigenvalue weighted by atomic mass is 19.3. The molecule has 0 radical (unpaired) electrons. The van der Waals surface area contributed by atoms with Crippen LogP contribution in [0.2, 0.25) is 0 Å². The van der Waals surface area contributed by atoms with Crippen LogP contribution in [0.5, 0.6) is 5.75 Å². The van der Waals surface area contributed by atoms with Crippen LogP contribution in [-0.4, -0.2) is 34.6 Å². The number of alkyl halides is 2. The van der Waals surface area contributed by atoms with E-state index in [4.69, 9.17) is 9.47 Å². The zero-order chi connectivity index (χ0) is 20.8. The lowest BCUT2D eigenvalue weighted by atomic mass is 10.3. The number of benzene rings is 2. The fraction of sp³-hybridized carbons (Fsp3) is 0.250. The van der Waals surface area contributed by atoms with E-state index in [1.807, 2.05) is 6.07 Å². The number of hydrogen-bond donors (Lipinski definition) is 1. The summed E-state index contributed by atoms with van der Waals surface area (Å²) in [6.45, 7) is -2.09. The minimum Gasteiger partial charge on any atom is -0.484 e. The second-order valence-electron chi connectivity index (χ2n) is 6.12. The number of rotatable bonds is 8. The van der Waals surface area contributed by atoms with Crippen LogP contribution >= 0.6 is 0 Å². The Morgan fingerprint density at radius 1 is 1.10 bits per heavy atom. The van der Waals surface area contributed by atoms with Crippen LogP contribution in [-0.2, 0) is 14.3 Å². The number of amides is 1. The monoisotopic (exact) mass is 403 g/mol. The fourth-order valence-electron chi connectivity index (χ4n) is 2.73. The summed E-state index contributed by atoms with van der Waals surface area (Å²) in [6.07, 6.45) is -1.03. The van der Waals surface area contributed by atoms with Crippen molar-refractivity contribution in [2.45, 2.75) is 19.6 Å². The normalized spacial score (nSPS) is 12.0. The molecule has 1 N–H and O–H groups in total. The molecule has 1 aromatic heterocycles. The van der Waals surface area contributed by atoms with E-state index in [-0.39, 0.29) is 17.9 Å². The van der Waals surface area contributed by atoms with Crippen molar-refractivity contribution < 1.29 is 27.8 Å². The standard InChI is InChI=1S/C20H19F2N3O4/c1-13(19-24-15-9-5-6-10-16(15)25(19)20(21)22)29-18(27)11-23-17(26)12-28-14-7-3-2-4-8-14/h2-10,13,20H,11-12H2,1H3,(H,23,26)/t13-/m1/s1. The molecule has 0 unspecified atom stereocenters. The summed E-state index contributed by atoms with van der Waals surface area (Å²) in [6, 6.07) is 15.1. The van der Waals surface area contributed by atoms with Gasteiger partial charge in [-0.05, 0) is 31.2 Å². The number of para-hydroxylation sites is 3. The lowest BCUT2D eigenvalue weighted by molar-refractivity contribution is -0.149. The second-order valence-corrected chi connectivity index (χ2v) is 6.12. The number of fused-ring (bicyclic) bond motifs is 1. The number of aromatic nitrogens is 2. The van der Waals surface area contributed by atoms with E-state index in [9.17, 15) is 18.4 Å². The van der Waals surface area contributed by atoms with Crippen molar-refractivity contribution in [1.29, 1.82) is 0 Å². The summed E-state index contributed by atoms with van der Waals surface area (Å²) < 4.78 is 38.1. The highest BCUT2D eigenvalue weighted by Crippen LogP contribution is 2.28. The molecule has 1 atom stereocenters. The largest absolute Gasteiger partial charge is 0.484 e. The van der Waals surface area contributed by atoms with E-state index in [2.05, 4.69) is 10.3 Å². The molecule has 29 heavy (non-hydrogen) atoms. The topological polar surface area (TPSA) is 82.4 Å². The molecule has 3 rings (SSSR count). The van der Waals surface area contributed by atoms with E-state index in [1.165, 1.54) is 13.0 Å². The average Bonchev–Trinajstić information content (AvgIpc) is 3.11. The zero-order valence-corrected chi connectivity index (χ0v) is 15.5. The maximum absolute atomic E-state index is 13.5. The molecule has 0 fully saturated rings. The van der Waals surface area contributed by atoms with E-state index in [1.54, 1.807) is 42.5 Å². The second kappa shape index (κ2) is 9.13. The Morgan fingerprint density at radius 3 is 2.52 bits per heavy atom. The van der Waals surface area contributed by atoms with Gasteiger partial charge in [0.15, 0.2) is 18.5 Å². The van der Waals surface area contributed by atoms with E-state index in [0.29, 0.717) is 11.3 Å². The number of imidazole rings is 1. The predicted molar refractivity (Wildman–Crippen MR) is 100 cm³/mol. The number of nitrogens with zero attached hydrogens (tertiary/aromatic N) is 2. The number of carbonyl (C=O) groups is 2. The number of carbonyl (C=O) groups excluding carboxylic acids is 2. The summed E-state index contributed by atoms with van der Waals surface area (Å²) in [7, 11) is 0. The van der Waals surface area contributed by atoms with Crippen LogP contribution in [0, 0.1) is 0 Å². The maximum Gasteiger partial charge on any atom is 0.326 e. The molecule has 0 saturated heterocycles. The first-order valence-corrected chi connectivity index (χ1v) is 8.84. The van der Waals surface area contributed by atoms with Gasteiger partial charge in [0, 0.05) is 0 Å². The molecule has 1 heterocycles. The first kappa shape index (κ1) is 20.2. The van der Waals surface area contributed by atoms with Gasteiger partial charge in [0.05, 0.1) is 11.0 Å². The van der Waals surface area contributed by atoms with Gasteiger partial charge >= 0.3 is 12.5 Å². The minimum atomic E-state index is -2.84. The molecule has 7 nitrogen and oxygen atoms in total. The van der Waals surface area contributed by atoms with Gasteiger partial charge in [-0.3, -0.25) is 14.2 Å². The molecule has 0 spiro atoms. The third-order valence-corrected chi connectivity index (χ3v) is 4.03. The molecule has 0 aliphatic rings. The lowest BCUT2D eigenvalue weighted by Crippen LogP contribution is -2.34. The lowest BCUT2D eigenvalue weighted by Gasteiger charge is -2.15. The number of ether oxygens (including phenoxy) is 2. The van der Waals surface area contributed by atoms with E-state index < -0.39 is 31.1 Å². The third kappa shape index (κ3) is 5.07. The summed E-state index contributed by atoms with van der Waals surface area (Å²) in [5, 5.41) is 2.36. The summed E-state index contributed by atoms with van der Waals surface area (Å²) >= 11 is 0. The highest BCUT2D eigenvalue weighted by molar-refractivity contribution is 5.83. The van der Waals surface area contributed by atoms with Gasteiger partial charge in [-0.25, -0.2) is 4.98 Å². The van der Waals surface area contributed by atoms with Crippen LogP contribution in [0.3, 0.4) is 0 Å². The molecule has 2 aromatic carbocycles. The molecule has 0 aliphatic heterocycles. The molecular formula is C20H19F2N3O4. The average molecular weight is 403 g/mol. The quantitative estimate of drug-likeness (QED) is 0.584. The Kier molecular flexibility index (Phi) is 6.38. The minimum absolute atomic E-state index is 0.0757. The Bertz CT molecular complexity index is 992. The Labute approximate surface area is 165 Å². The number of nitrogens with one attached hydrogen (secondary N) is 1. The number of esters is 1. The Balaban J connectivity index is 1.55. The third-order valence-electron chi connectivity index (χ3n) is 4.03.